The van der Waals surface area contributed by atoms with Crippen molar-refractivity contribution in [2.24, 2.45) is 0 Å². The summed E-state index contributed by atoms with van der Waals surface area (Å²) in [7, 11) is 0.320. The van der Waals surface area contributed by atoms with Crippen LogP contribution < -0.4 is 0 Å². The van der Waals surface area contributed by atoms with Gasteiger partial charge < -0.3 is 9.47 Å². The highest BCUT2D eigenvalue weighted by Gasteiger charge is 2.27. The van der Waals surface area contributed by atoms with Crippen molar-refractivity contribution in [2.45, 2.75) is 22.8 Å². The first-order valence-corrected chi connectivity index (χ1v) is 8.94. The maximum absolute atomic E-state index is 12.7. The second-order valence-corrected chi connectivity index (χ2v) is 7.06. The van der Waals surface area contributed by atoms with Crippen LogP contribution in [0.2, 0.25) is 0 Å². The molecule has 2 aromatic rings. The third-order valence-corrected chi connectivity index (χ3v) is 5.57. The molecule has 1 atom stereocenters. The first kappa shape index (κ1) is 18.7. The van der Waals surface area contributed by atoms with E-state index >= 15 is 0 Å². The molecule has 0 bridgehead atoms. The smallest absolute Gasteiger partial charge is 0.352 e. The van der Waals surface area contributed by atoms with Gasteiger partial charge >= 0.3 is 11.9 Å². The zero-order valence-electron chi connectivity index (χ0n) is 14.2. The number of rotatable bonds is 6. The molecule has 0 aliphatic carbocycles. The molecule has 0 aliphatic heterocycles. The molecule has 0 saturated heterocycles. The summed E-state index contributed by atoms with van der Waals surface area (Å²) in [4.78, 5) is 26.8. The van der Waals surface area contributed by atoms with Crippen LogP contribution in [0.5, 0.6) is 0 Å². The zero-order chi connectivity index (χ0) is 18.2. The van der Waals surface area contributed by atoms with Gasteiger partial charge in [-0.3, -0.25) is 0 Å². The number of carbonyl (C=O) groups excluding carboxylic acids is 2. The van der Waals surface area contributed by atoms with Crippen molar-refractivity contribution in [1.82, 2.24) is 0 Å². The van der Waals surface area contributed by atoms with E-state index in [0.717, 1.165) is 9.79 Å². The quantitative estimate of drug-likeness (QED) is 0.342. The minimum atomic E-state index is -0.934. The Balaban J connectivity index is 2.71. The number of carbonyl (C=O) groups is 2. The first-order chi connectivity index (χ1) is 12.1. The van der Waals surface area contributed by atoms with Gasteiger partial charge in [-0.05, 0) is 31.2 Å². The second-order valence-electron chi connectivity index (χ2n) is 5.10. The standard InChI is InChI=1S/C20H20O4S/c1-4-15(2)24-20(22)18(19(21)23-3)25(16-11-7-5-8-12-16)17-13-9-6-10-14-17/h4-15H,1H2,2-3H3. The van der Waals surface area contributed by atoms with E-state index in [-0.39, 0.29) is 4.86 Å². The first-order valence-electron chi connectivity index (χ1n) is 7.71. The Bertz CT molecular complexity index is 740. The molecular weight excluding hydrogens is 336 g/mol. The Morgan fingerprint density at radius 3 is 1.84 bits per heavy atom. The Hall–Kier alpha value is -2.66. The topological polar surface area (TPSA) is 52.6 Å². The van der Waals surface area contributed by atoms with Crippen molar-refractivity contribution >= 4 is 27.3 Å². The van der Waals surface area contributed by atoms with Crippen molar-refractivity contribution in [3.63, 3.8) is 0 Å². The highest BCUT2D eigenvalue weighted by Crippen LogP contribution is 2.37. The minimum absolute atomic E-state index is 0.0337. The number of methoxy groups -OCH3 is 1. The SMILES string of the molecule is C=CC(C)OC(=O)C(C(=O)OC)=S(c1ccccc1)c1ccccc1. The fraction of sp³-hybridized carbons (Fsp3) is 0.150. The lowest BCUT2D eigenvalue weighted by molar-refractivity contribution is -0.140. The number of hydrogen-bond acceptors (Lipinski definition) is 4. The summed E-state index contributed by atoms with van der Waals surface area (Å²) in [6, 6.07) is 18.7. The van der Waals surface area contributed by atoms with E-state index in [0.29, 0.717) is 0 Å². The molecule has 2 aromatic carbocycles. The molecule has 5 heteroatoms. The van der Waals surface area contributed by atoms with Crippen molar-refractivity contribution < 1.29 is 19.1 Å². The minimum Gasteiger partial charge on any atom is -0.465 e. The van der Waals surface area contributed by atoms with Crippen LogP contribution in [0.4, 0.5) is 0 Å². The van der Waals surface area contributed by atoms with Crippen molar-refractivity contribution in [3.05, 3.63) is 73.3 Å². The molecule has 2 rings (SSSR count). The monoisotopic (exact) mass is 356 g/mol. The second kappa shape index (κ2) is 8.99. The van der Waals surface area contributed by atoms with Gasteiger partial charge in [-0.2, -0.15) is 0 Å². The molecule has 130 valence electrons. The zero-order valence-corrected chi connectivity index (χ0v) is 15.0. The number of hydrogen-bond donors (Lipinski definition) is 0. The largest absolute Gasteiger partial charge is 0.465 e. The number of benzene rings is 2. The third-order valence-electron chi connectivity index (χ3n) is 3.34. The summed E-state index contributed by atoms with van der Waals surface area (Å²) < 4.78 is 10.2. The Kier molecular flexibility index (Phi) is 6.71. The molecule has 0 heterocycles. The van der Waals surface area contributed by atoms with Crippen LogP contribution in [0.15, 0.2) is 83.1 Å². The summed E-state index contributed by atoms with van der Waals surface area (Å²) in [5.74, 6) is -1.40. The van der Waals surface area contributed by atoms with E-state index in [1.807, 2.05) is 60.7 Å². The molecular formula is C20H20O4S. The normalized spacial score (nSPS) is 11.5. The number of esters is 2. The van der Waals surface area contributed by atoms with Gasteiger partial charge in [0.05, 0.1) is 7.11 Å². The average Bonchev–Trinajstić information content (AvgIpc) is 2.66. The van der Waals surface area contributed by atoms with Gasteiger partial charge in [-0.1, -0.05) is 49.1 Å². The number of ether oxygens (including phenoxy) is 2. The van der Waals surface area contributed by atoms with E-state index < -0.39 is 28.5 Å². The highest BCUT2D eigenvalue weighted by atomic mass is 32.2. The highest BCUT2D eigenvalue weighted by molar-refractivity contribution is 8.18. The molecule has 0 aromatic heterocycles. The van der Waals surface area contributed by atoms with E-state index in [1.54, 1.807) is 6.92 Å². The molecule has 0 radical (unpaired) electrons. The summed E-state index contributed by atoms with van der Waals surface area (Å²) in [5, 5.41) is 0. The van der Waals surface area contributed by atoms with Gasteiger partial charge in [0.25, 0.3) is 0 Å². The Morgan fingerprint density at radius 2 is 1.44 bits per heavy atom. The fourth-order valence-corrected chi connectivity index (χ4v) is 4.17. The Morgan fingerprint density at radius 1 is 0.960 bits per heavy atom. The van der Waals surface area contributed by atoms with Gasteiger partial charge in [-0.15, -0.1) is 10.5 Å². The predicted octanol–water partition coefficient (Wildman–Crippen LogP) is 3.84. The molecule has 25 heavy (non-hydrogen) atoms. The van der Waals surface area contributed by atoms with Crippen LogP contribution in [0.25, 0.3) is 0 Å². The summed E-state index contributed by atoms with van der Waals surface area (Å²) in [6.45, 7) is 5.28. The summed E-state index contributed by atoms with van der Waals surface area (Å²) in [5.41, 5.74) is 0. The van der Waals surface area contributed by atoms with Crippen molar-refractivity contribution in [1.29, 1.82) is 0 Å². The maximum Gasteiger partial charge on any atom is 0.352 e. The maximum atomic E-state index is 12.7. The lowest BCUT2D eigenvalue weighted by Crippen LogP contribution is -2.30. The molecule has 0 N–H and O–H groups in total. The fourth-order valence-electron chi connectivity index (χ4n) is 2.10. The lowest BCUT2D eigenvalue weighted by Gasteiger charge is -2.17. The van der Waals surface area contributed by atoms with Crippen molar-refractivity contribution in [2.75, 3.05) is 7.11 Å². The van der Waals surface area contributed by atoms with Gasteiger partial charge in [0, 0.05) is 9.79 Å². The summed E-state index contributed by atoms with van der Waals surface area (Å²) >= 11 is 0. The van der Waals surface area contributed by atoms with Gasteiger partial charge in [0.1, 0.15) is 6.10 Å². The molecule has 0 spiro atoms. The molecule has 0 aliphatic rings. The van der Waals surface area contributed by atoms with Gasteiger partial charge in [-0.25, -0.2) is 9.59 Å². The van der Waals surface area contributed by atoms with Crippen LogP contribution in [0, 0.1) is 0 Å². The van der Waals surface area contributed by atoms with E-state index in [2.05, 4.69) is 6.58 Å². The summed E-state index contributed by atoms with van der Waals surface area (Å²) in [6.07, 6.45) is 0.986. The average molecular weight is 356 g/mol. The Labute approximate surface area is 150 Å². The molecule has 0 fully saturated rings. The van der Waals surface area contributed by atoms with E-state index in [1.165, 1.54) is 13.2 Å². The van der Waals surface area contributed by atoms with Crippen LogP contribution in [-0.2, 0) is 19.1 Å². The van der Waals surface area contributed by atoms with Gasteiger partial charge in [0.15, 0.2) is 4.86 Å². The van der Waals surface area contributed by atoms with Gasteiger partial charge in [0.2, 0.25) is 0 Å². The lowest BCUT2D eigenvalue weighted by atomic mass is 10.4. The molecule has 1 unspecified atom stereocenters. The van der Waals surface area contributed by atoms with Crippen LogP contribution in [0.1, 0.15) is 6.92 Å². The van der Waals surface area contributed by atoms with Crippen LogP contribution in [0.3, 0.4) is 0 Å². The molecule has 0 saturated carbocycles. The molecule has 4 nitrogen and oxygen atoms in total. The molecule has 0 amide bonds. The van der Waals surface area contributed by atoms with E-state index in [9.17, 15) is 9.59 Å². The predicted molar refractivity (Wildman–Crippen MR) is 99.8 cm³/mol. The third kappa shape index (κ3) is 4.67. The van der Waals surface area contributed by atoms with Crippen LogP contribution >= 0.6 is 10.5 Å². The van der Waals surface area contributed by atoms with E-state index in [4.69, 9.17) is 9.47 Å². The van der Waals surface area contributed by atoms with Crippen LogP contribution in [-0.4, -0.2) is 30.0 Å². The van der Waals surface area contributed by atoms with Crippen molar-refractivity contribution in [3.8, 4) is 0 Å².